The lowest BCUT2D eigenvalue weighted by molar-refractivity contribution is -0.122. The Morgan fingerprint density at radius 2 is 1.79 bits per heavy atom. The minimum atomic E-state index is -0.479. The first kappa shape index (κ1) is 24.0. The van der Waals surface area contributed by atoms with Gasteiger partial charge in [-0.3, -0.25) is 20.2 Å². The van der Waals surface area contributed by atoms with Gasteiger partial charge in [-0.15, -0.1) is 0 Å². The molecular formula is C26H29N5O2S. The second-order valence-corrected chi connectivity index (χ2v) is 9.10. The molecule has 3 aromatic rings. The average molecular weight is 476 g/mol. The van der Waals surface area contributed by atoms with Crippen molar-refractivity contribution in [3.05, 3.63) is 89.5 Å². The summed E-state index contributed by atoms with van der Waals surface area (Å²) in [7, 11) is 0. The van der Waals surface area contributed by atoms with Crippen molar-refractivity contribution in [2.24, 2.45) is 5.14 Å². The Bertz CT molecular complexity index is 1160. The zero-order valence-corrected chi connectivity index (χ0v) is 19.6. The van der Waals surface area contributed by atoms with Crippen LogP contribution in [0.3, 0.4) is 0 Å². The molecule has 4 rings (SSSR count). The Morgan fingerprint density at radius 1 is 1.06 bits per heavy atom. The molecule has 34 heavy (non-hydrogen) atoms. The fourth-order valence-corrected chi connectivity index (χ4v) is 4.60. The van der Waals surface area contributed by atoms with E-state index in [4.69, 9.17) is 16.3 Å². The van der Waals surface area contributed by atoms with E-state index < -0.39 is 6.04 Å². The van der Waals surface area contributed by atoms with Crippen LogP contribution in [-0.4, -0.2) is 40.8 Å². The summed E-state index contributed by atoms with van der Waals surface area (Å²) in [5.41, 5.74) is 9.61. The highest BCUT2D eigenvalue weighted by atomic mass is 32.2. The van der Waals surface area contributed by atoms with Crippen LogP contribution in [0.4, 0.5) is 11.4 Å². The number of hydrogen-bond acceptors (Lipinski definition) is 7. The van der Waals surface area contributed by atoms with E-state index in [2.05, 4.69) is 10.2 Å². The fourth-order valence-electron chi connectivity index (χ4n) is 4.25. The summed E-state index contributed by atoms with van der Waals surface area (Å²) in [5, 5.41) is 27.3. The van der Waals surface area contributed by atoms with Crippen molar-refractivity contribution in [3.63, 3.8) is 0 Å². The van der Waals surface area contributed by atoms with Gasteiger partial charge in [-0.05, 0) is 60.7 Å². The fraction of sp³-hybridized carbons (Fsp3) is 0.231. The van der Waals surface area contributed by atoms with Gasteiger partial charge in [0.15, 0.2) is 0 Å². The summed E-state index contributed by atoms with van der Waals surface area (Å²) < 4.78 is 0. The number of aliphatic hydroxyl groups is 1. The summed E-state index contributed by atoms with van der Waals surface area (Å²) in [5.74, 6) is -0.161. The van der Waals surface area contributed by atoms with Crippen LogP contribution in [0.25, 0.3) is 0 Å². The molecule has 1 unspecified atom stereocenters. The van der Waals surface area contributed by atoms with E-state index in [1.165, 1.54) is 0 Å². The molecule has 7 N–H and O–H groups in total. The predicted molar refractivity (Wildman–Crippen MR) is 138 cm³/mol. The zero-order chi connectivity index (χ0) is 24.1. The third-order valence-corrected chi connectivity index (χ3v) is 6.60. The van der Waals surface area contributed by atoms with E-state index >= 15 is 0 Å². The Balaban J connectivity index is 1.59. The smallest absolute Gasteiger partial charge is 0.246 e. The molecule has 1 heterocycles. The summed E-state index contributed by atoms with van der Waals surface area (Å²) in [6.45, 7) is 1.28. The minimum Gasteiger partial charge on any atom is -0.398 e. The monoisotopic (exact) mass is 475 g/mol. The third-order valence-electron chi connectivity index (χ3n) is 6.08. The molecule has 1 aliphatic rings. The van der Waals surface area contributed by atoms with Crippen LogP contribution in [0.15, 0.2) is 77.7 Å². The SMILES string of the molecule is N=C(c1cccc(SN)c1)c1cc(NC(=O)C(c2ccccc2)N2CCC(O)CC2)ccc1N. The van der Waals surface area contributed by atoms with E-state index in [9.17, 15) is 9.90 Å². The summed E-state index contributed by atoms with van der Waals surface area (Å²) in [4.78, 5) is 16.5. The van der Waals surface area contributed by atoms with Crippen LogP contribution < -0.4 is 16.2 Å². The Morgan fingerprint density at radius 3 is 2.50 bits per heavy atom. The number of nitrogens with one attached hydrogen (secondary N) is 2. The second-order valence-electron chi connectivity index (χ2n) is 8.39. The molecule has 1 fully saturated rings. The maximum absolute atomic E-state index is 13.5. The molecular weight excluding hydrogens is 446 g/mol. The van der Waals surface area contributed by atoms with E-state index in [1.807, 2.05) is 54.6 Å². The van der Waals surface area contributed by atoms with Crippen molar-refractivity contribution >= 4 is 34.9 Å². The van der Waals surface area contributed by atoms with Crippen LogP contribution in [-0.2, 0) is 4.79 Å². The number of nitrogens with two attached hydrogens (primary N) is 2. The van der Waals surface area contributed by atoms with Crippen LogP contribution >= 0.6 is 11.9 Å². The Hall–Kier alpha value is -3.17. The van der Waals surface area contributed by atoms with Crippen LogP contribution in [0, 0.1) is 5.41 Å². The third kappa shape index (κ3) is 5.48. The number of nitrogen functional groups attached to an aromatic ring is 1. The molecule has 0 bridgehead atoms. The molecule has 0 aromatic heterocycles. The number of likely N-dealkylation sites (tertiary alicyclic amines) is 1. The number of nitrogens with zero attached hydrogens (tertiary/aromatic N) is 1. The van der Waals surface area contributed by atoms with Gasteiger partial charge in [-0.2, -0.15) is 0 Å². The standard InChI is InChI=1S/C26H29N5O2S/c27-23-10-9-19(16-22(23)24(28)18-7-4-8-21(15-18)34-29)30-26(33)25(17-5-2-1-3-6-17)31-13-11-20(32)12-14-31/h1-10,15-16,20,25,28,32H,11-14,27,29H2,(H,30,33). The lowest BCUT2D eigenvalue weighted by Crippen LogP contribution is -2.43. The van der Waals surface area contributed by atoms with Gasteiger partial charge in [0.05, 0.1) is 11.8 Å². The zero-order valence-electron chi connectivity index (χ0n) is 18.8. The molecule has 1 amide bonds. The van der Waals surface area contributed by atoms with Crippen LogP contribution in [0.2, 0.25) is 0 Å². The summed E-state index contributed by atoms with van der Waals surface area (Å²) in [6.07, 6.45) is 0.956. The van der Waals surface area contributed by atoms with Gasteiger partial charge in [-0.1, -0.05) is 42.5 Å². The minimum absolute atomic E-state index is 0.161. The maximum Gasteiger partial charge on any atom is 0.246 e. The van der Waals surface area contributed by atoms with E-state index in [-0.39, 0.29) is 17.7 Å². The highest BCUT2D eigenvalue weighted by Gasteiger charge is 2.30. The lowest BCUT2D eigenvalue weighted by Gasteiger charge is -2.35. The molecule has 0 aliphatic carbocycles. The molecule has 8 heteroatoms. The molecule has 0 spiro atoms. The molecule has 1 saturated heterocycles. The molecule has 1 atom stereocenters. The number of amides is 1. The van der Waals surface area contributed by atoms with Crippen molar-refractivity contribution in [1.29, 1.82) is 5.41 Å². The van der Waals surface area contributed by atoms with Crippen molar-refractivity contribution in [1.82, 2.24) is 4.90 Å². The highest BCUT2D eigenvalue weighted by Crippen LogP contribution is 2.28. The van der Waals surface area contributed by atoms with E-state index in [0.717, 1.165) is 22.4 Å². The van der Waals surface area contributed by atoms with Crippen molar-refractivity contribution in [2.75, 3.05) is 24.1 Å². The highest BCUT2D eigenvalue weighted by molar-refractivity contribution is 7.97. The van der Waals surface area contributed by atoms with Crippen molar-refractivity contribution in [2.45, 2.75) is 29.9 Å². The Kier molecular flexibility index (Phi) is 7.64. The van der Waals surface area contributed by atoms with Gasteiger partial charge in [0, 0.05) is 40.5 Å². The lowest BCUT2D eigenvalue weighted by atomic mass is 9.99. The Labute approximate surface area is 203 Å². The first-order valence-corrected chi connectivity index (χ1v) is 12.1. The summed E-state index contributed by atoms with van der Waals surface area (Å²) in [6, 6.07) is 21.8. The number of piperidine rings is 1. The number of rotatable bonds is 7. The number of carbonyl (C=O) groups is 1. The second kappa shape index (κ2) is 10.8. The normalized spacial score (nSPS) is 15.6. The first-order valence-electron chi connectivity index (χ1n) is 11.2. The molecule has 0 radical (unpaired) electrons. The molecule has 7 nitrogen and oxygen atoms in total. The van der Waals surface area contributed by atoms with Crippen molar-refractivity contribution in [3.8, 4) is 0 Å². The topological polar surface area (TPSA) is 128 Å². The van der Waals surface area contributed by atoms with Gasteiger partial charge in [0.1, 0.15) is 6.04 Å². The maximum atomic E-state index is 13.5. The summed E-state index contributed by atoms with van der Waals surface area (Å²) >= 11 is 1.12. The van der Waals surface area contributed by atoms with E-state index in [0.29, 0.717) is 48.4 Å². The molecule has 0 saturated carbocycles. The number of benzene rings is 3. The number of aliphatic hydroxyl groups excluding tert-OH is 1. The van der Waals surface area contributed by atoms with Gasteiger partial charge >= 0.3 is 0 Å². The van der Waals surface area contributed by atoms with Crippen LogP contribution in [0.1, 0.15) is 35.6 Å². The quantitative estimate of drug-likeness (QED) is 0.201. The van der Waals surface area contributed by atoms with Crippen molar-refractivity contribution < 1.29 is 9.90 Å². The average Bonchev–Trinajstić information content (AvgIpc) is 2.87. The predicted octanol–water partition coefficient (Wildman–Crippen LogP) is 3.79. The van der Waals surface area contributed by atoms with Crippen LogP contribution in [0.5, 0.6) is 0 Å². The number of hydrogen-bond donors (Lipinski definition) is 5. The molecule has 3 aromatic carbocycles. The van der Waals surface area contributed by atoms with Gasteiger partial charge < -0.3 is 16.2 Å². The molecule has 1 aliphatic heterocycles. The van der Waals surface area contributed by atoms with E-state index in [1.54, 1.807) is 18.2 Å². The largest absolute Gasteiger partial charge is 0.398 e. The van der Waals surface area contributed by atoms with Gasteiger partial charge in [-0.25, -0.2) is 0 Å². The van der Waals surface area contributed by atoms with Gasteiger partial charge in [0.2, 0.25) is 5.91 Å². The van der Waals surface area contributed by atoms with Gasteiger partial charge in [0.25, 0.3) is 0 Å². The molecule has 176 valence electrons. The number of anilines is 2. The first-order chi connectivity index (χ1) is 16.5. The number of carbonyl (C=O) groups excluding carboxylic acids is 1.